The SMILES string of the molecule is Cn1ncc(Cl)c1-c1coc(C(=O)N[C@@H]2CNCC[C@H]2c2ccc(F)c(F)c2)c1. The van der Waals surface area contributed by atoms with Gasteiger partial charge in [-0.05, 0) is 36.7 Å². The zero-order valence-electron chi connectivity index (χ0n) is 15.6. The zero-order chi connectivity index (χ0) is 20.5. The molecule has 1 fully saturated rings. The Kier molecular flexibility index (Phi) is 5.38. The van der Waals surface area contributed by atoms with Crippen LogP contribution in [-0.4, -0.2) is 34.8 Å². The minimum Gasteiger partial charge on any atom is -0.458 e. The Balaban J connectivity index is 1.53. The van der Waals surface area contributed by atoms with Crippen LogP contribution in [0.4, 0.5) is 8.78 Å². The number of rotatable bonds is 4. The van der Waals surface area contributed by atoms with Gasteiger partial charge in [0.1, 0.15) is 6.26 Å². The summed E-state index contributed by atoms with van der Waals surface area (Å²) < 4.78 is 34.0. The number of carbonyl (C=O) groups excluding carboxylic acids is 1. The highest BCUT2D eigenvalue weighted by molar-refractivity contribution is 6.33. The van der Waals surface area contributed by atoms with Gasteiger partial charge in [-0.25, -0.2) is 8.78 Å². The van der Waals surface area contributed by atoms with E-state index in [1.54, 1.807) is 23.9 Å². The van der Waals surface area contributed by atoms with Crippen molar-refractivity contribution in [1.29, 1.82) is 0 Å². The fourth-order valence-corrected chi connectivity index (χ4v) is 3.98. The van der Waals surface area contributed by atoms with Gasteiger partial charge in [-0.3, -0.25) is 9.48 Å². The molecule has 4 rings (SSSR count). The van der Waals surface area contributed by atoms with Crippen LogP contribution in [0.5, 0.6) is 0 Å². The van der Waals surface area contributed by atoms with E-state index in [-0.39, 0.29) is 17.7 Å². The molecule has 0 radical (unpaired) electrons. The Morgan fingerprint density at radius 2 is 2.17 bits per heavy atom. The smallest absolute Gasteiger partial charge is 0.287 e. The van der Waals surface area contributed by atoms with Crippen molar-refractivity contribution in [1.82, 2.24) is 20.4 Å². The van der Waals surface area contributed by atoms with Crippen LogP contribution in [0.2, 0.25) is 5.02 Å². The van der Waals surface area contributed by atoms with E-state index in [0.29, 0.717) is 34.8 Å². The fourth-order valence-electron chi connectivity index (χ4n) is 3.71. The summed E-state index contributed by atoms with van der Waals surface area (Å²) in [5.41, 5.74) is 1.94. The van der Waals surface area contributed by atoms with Gasteiger partial charge < -0.3 is 15.1 Å². The molecule has 0 saturated carbocycles. The number of aryl methyl sites for hydroxylation is 1. The second kappa shape index (κ2) is 7.96. The number of amides is 1. The van der Waals surface area contributed by atoms with Crippen molar-refractivity contribution in [3.63, 3.8) is 0 Å². The molecule has 2 N–H and O–H groups in total. The molecule has 3 heterocycles. The molecule has 29 heavy (non-hydrogen) atoms. The average Bonchev–Trinajstić information content (AvgIpc) is 3.31. The number of nitrogens with zero attached hydrogens (tertiary/aromatic N) is 2. The van der Waals surface area contributed by atoms with Gasteiger partial charge in [-0.2, -0.15) is 5.10 Å². The molecule has 1 amide bonds. The number of carbonyl (C=O) groups is 1. The highest BCUT2D eigenvalue weighted by atomic mass is 35.5. The van der Waals surface area contributed by atoms with E-state index in [9.17, 15) is 13.6 Å². The molecule has 0 bridgehead atoms. The highest BCUT2D eigenvalue weighted by Gasteiger charge is 2.29. The van der Waals surface area contributed by atoms with Crippen molar-refractivity contribution in [3.8, 4) is 11.3 Å². The second-order valence-corrected chi connectivity index (χ2v) is 7.42. The molecule has 1 saturated heterocycles. The molecule has 1 aliphatic heterocycles. The molecule has 152 valence electrons. The Morgan fingerprint density at radius 3 is 2.90 bits per heavy atom. The first-order valence-electron chi connectivity index (χ1n) is 9.17. The Hall–Kier alpha value is -2.71. The number of halogens is 3. The lowest BCUT2D eigenvalue weighted by atomic mass is 9.86. The number of benzene rings is 1. The molecule has 0 aliphatic carbocycles. The van der Waals surface area contributed by atoms with E-state index in [4.69, 9.17) is 16.0 Å². The van der Waals surface area contributed by atoms with Crippen molar-refractivity contribution >= 4 is 17.5 Å². The number of aromatic nitrogens is 2. The summed E-state index contributed by atoms with van der Waals surface area (Å²) in [6.07, 6.45) is 3.65. The quantitative estimate of drug-likeness (QED) is 0.677. The van der Waals surface area contributed by atoms with Gasteiger partial charge in [0.2, 0.25) is 0 Å². The van der Waals surface area contributed by atoms with E-state index in [1.807, 2.05) is 0 Å². The summed E-state index contributed by atoms with van der Waals surface area (Å²) in [5, 5.41) is 10.7. The minimum atomic E-state index is -0.894. The Labute approximate surface area is 170 Å². The number of hydrogen-bond donors (Lipinski definition) is 2. The summed E-state index contributed by atoms with van der Waals surface area (Å²) in [6, 6.07) is 5.17. The summed E-state index contributed by atoms with van der Waals surface area (Å²) >= 11 is 6.14. The molecule has 3 aromatic rings. The third-order valence-corrected chi connectivity index (χ3v) is 5.44. The van der Waals surface area contributed by atoms with Gasteiger partial charge in [0, 0.05) is 31.1 Å². The van der Waals surface area contributed by atoms with Crippen molar-refractivity contribution in [3.05, 3.63) is 64.7 Å². The summed E-state index contributed by atoms with van der Waals surface area (Å²) in [6.45, 7) is 1.23. The monoisotopic (exact) mass is 420 g/mol. The number of piperidine rings is 1. The van der Waals surface area contributed by atoms with Crippen LogP contribution in [0.15, 0.2) is 41.1 Å². The summed E-state index contributed by atoms with van der Waals surface area (Å²) in [7, 11) is 1.74. The molecular weight excluding hydrogens is 402 g/mol. The van der Waals surface area contributed by atoms with Crippen molar-refractivity contribution in [2.45, 2.75) is 18.4 Å². The van der Waals surface area contributed by atoms with Crippen LogP contribution in [0.25, 0.3) is 11.3 Å². The maximum Gasteiger partial charge on any atom is 0.287 e. The van der Waals surface area contributed by atoms with Crippen LogP contribution in [0.1, 0.15) is 28.5 Å². The van der Waals surface area contributed by atoms with Gasteiger partial charge in [-0.15, -0.1) is 0 Å². The predicted molar refractivity (Wildman–Crippen MR) is 104 cm³/mol. The van der Waals surface area contributed by atoms with Crippen molar-refractivity contribution in [2.75, 3.05) is 13.1 Å². The summed E-state index contributed by atoms with van der Waals surface area (Å²) in [4.78, 5) is 12.7. The van der Waals surface area contributed by atoms with Crippen LogP contribution in [-0.2, 0) is 7.05 Å². The largest absolute Gasteiger partial charge is 0.458 e. The molecule has 6 nitrogen and oxygen atoms in total. The average molecular weight is 421 g/mol. The third kappa shape index (κ3) is 3.90. The standard InChI is InChI=1S/C20H19ClF2N4O2/c1-27-19(14(21)8-25-27)12-7-18(29-10-12)20(28)26-17-9-24-5-4-13(17)11-2-3-15(22)16(23)6-11/h2-3,6-8,10,13,17,24H,4-5,9H2,1H3,(H,26,28)/t13-,17+/m0/s1. The molecular formula is C20H19ClF2N4O2. The van der Waals surface area contributed by atoms with Gasteiger partial charge >= 0.3 is 0 Å². The molecule has 1 aliphatic rings. The maximum atomic E-state index is 13.7. The lowest BCUT2D eigenvalue weighted by Gasteiger charge is -2.33. The predicted octanol–water partition coefficient (Wildman–Crippen LogP) is 3.49. The molecule has 9 heteroatoms. The second-order valence-electron chi connectivity index (χ2n) is 7.02. The van der Waals surface area contributed by atoms with Crippen LogP contribution >= 0.6 is 11.6 Å². The minimum absolute atomic E-state index is 0.131. The van der Waals surface area contributed by atoms with Crippen LogP contribution in [0, 0.1) is 11.6 Å². The number of furan rings is 1. The van der Waals surface area contributed by atoms with Gasteiger partial charge in [0.05, 0.1) is 16.9 Å². The number of nitrogens with one attached hydrogen (secondary N) is 2. The molecule has 0 spiro atoms. The van der Waals surface area contributed by atoms with Crippen LogP contribution in [0.3, 0.4) is 0 Å². The Morgan fingerprint density at radius 1 is 1.34 bits per heavy atom. The lowest BCUT2D eigenvalue weighted by Crippen LogP contribution is -2.50. The van der Waals surface area contributed by atoms with Crippen molar-refractivity contribution < 1.29 is 18.0 Å². The van der Waals surface area contributed by atoms with Gasteiger partial charge in [0.15, 0.2) is 17.4 Å². The molecule has 0 unspecified atom stereocenters. The molecule has 1 aromatic carbocycles. The summed E-state index contributed by atoms with van der Waals surface area (Å²) in [5.74, 6) is -2.19. The molecule has 2 aromatic heterocycles. The van der Waals surface area contributed by atoms with Gasteiger partial charge in [-0.1, -0.05) is 17.7 Å². The first-order valence-corrected chi connectivity index (χ1v) is 9.54. The lowest BCUT2D eigenvalue weighted by molar-refractivity contribution is 0.0896. The Bertz CT molecular complexity index is 1030. The molecule has 2 atom stereocenters. The highest BCUT2D eigenvalue weighted by Crippen LogP contribution is 2.30. The van der Waals surface area contributed by atoms with E-state index < -0.39 is 17.5 Å². The third-order valence-electron chi connectivity index (χ3n) is 5.16. The zero-order valence-corrected chi connectivity index (χ0v) is 16.3. The van der Waals surface area contributed by atoms with Gasteiger partial charge in [0.25, 0.3) is 5.91 Å². The van der Waals surface area contributed by atoms with E-state index in [1.165, 1.54) is 18.5 Å². The van der Waals surface area contributed by atoms with E-state index in [2.05, 4.69) is 15.7 Å². The van der Waals surface area contributed by atoms with E-state index >= 15 is 0 Å². The topological polar surface area (TPSA) is 72.1 Å². The van der Waals surface area contributed by atoms with E-state index in [0.717, 1.165) is 12.6 Å². The fraction of sp³-hybridized carbons (Fsp3) is 0.300. The normalized spacial score (nSPS) is 19.3. The first kappa shape index (κ1) is 19.6. The number of hydrogen-bond acceptors (Lipinski definition) is 4. The first-order chi connectivity index (χ1) is 13.9. The van der Waals surface area contributed by atoms with Crippen LogP contribution < -0.4 is 10.6 Å². The maximum absolute atomic E-state index is 13.7. The van der Waals surface area contributed by atoms with Crippen molar-refractivity contribution in [2.24, 2.45) is 7.05 Å².